The lowest BCUT2D eigenvalue weighted by Crippen LogP contribution is -1.82. The van der Waals surface area contributed by atoms with Gasteiger partial charge in [0, 0.05) is 15.7 Å². The van der Waals surface area contributed by atoms with Crippen molar-refractivity contribution in [2.45, 2.75) is 5.33 Å². The Kier molecular flexibility index (Phi) is 2.44. The largest absolute Gasteiger partial charge is 0.399 e. The van der Waals surface area contributed by atoms with E-state index in [2.05, 4.69) is 22.0 Å². The van der Waals surface area contributed by atoms with E-state index in [1.54, 1.807) is 0 Å². The van der Waals surface area contributed by atoms with Crippen LogP contribution in [0.25, 0.3) is 10.1 Å². The van der Waals surface area contributed by atoms with Crippen LogP contribution in [-0.2, 0) is 5.33 Å². The van der Waals surface area contributed by atoms with Crippen LogP contribution in [0.15, 0.2) is 18.2 Å². The predicted molar refractivity (Wildman–Crippen MR) is 63.6 cm³/mol. The van der Waals surface area contributed by atoms with Crippen molar-refractivity contribution in [1.29, 1.82) is 5.26 Å². The summed E-state index contributed by atoms with van der Waals surface area (Å²) in [6, 6.07) is 7.95. The molecule has 1 heterocycles. The van der Waals surface area contributed by atoms with Crippen molar-refractivity contribution < 1.29 is 0 Å². The maximum Gasteiger partial charge on any atom is 0.110 e. The Hall–Kier alpha value is -1.05. The minimum absolute atomic E-state index is 0.708. The Balaban J connectivity index is 2.81. The summed E-state index contributed by atoms with van der Waals surface area (Å²) in [6.45, 7) is 0. The summed E-state index contributed by atoms with van der Waals surface area (Å²) in [7, 11) is 0. The number of rotatable bonds is 1. The zero-order valence-electron chi connectivity index (χ0n) is 7.25. The summed E-state index contributed by atoms with van der Waals surface area (Å²) >= 11 is 4.88. The molecule has 0 radical (unpaired) electrons. The van der Waals surface area contributed by atoms with E-state index in [4.69, 9.17) is 11.0 Å². The van der Waals surface area contributed by atoms with Crippen molar-refractivity contribution in [2.75, 3.05) is 5.73 Å². The molecule has 1 aromatic heterocycles. The van der Waals surface area contributed by atoms with E-state index < -0.39 is 0 Å². The van der Waals surface area contributed by atoms with Gasteiger partial charge in [-0.05, 0) is 23.1 Å². The number of thiophene rings is 1. The molecule has 0 unspecified atom stereocenters. The van der Waals surface area contributed by atoms with E-state index in [9.17, 15) is 0 Å². The number of nitrogens with two attached hydrogens (primary N) is 1. The van der Waals surface area contributed by atoms with Crippen LogP contribution in [0, 0.1) is 11.3 Å². The van der Waals surface area contributed by atoms with Crippen LogP contribution in [0.4, 0.5) is 5.69 Å². The summed E-state index contributed by atoms with van der Waals surface area (Å²) in [5.74, 6) is 0. The maximum atomic E-state index is 8.93. The number of anilines is 1. The Labute approximate surface area is 94.1 Å². The van der Waals surface area contributed by atoms with Crippen LogP contribution in [0.1, 0.15) is 10.4 Å². The third-order valence-corrected chi connectivity index (χ3v) is 3.71. The Bertz CT molecular complexity index is 525. The first-order valence-corrected chi connectivity index (χ1v) is 5.97. The Morgan fingerprint density at radius 2 is 2.29 bits per heavy atom. The van der Waals surface area contributed by atoms with Crippen LogP contribution in [0.5, 0.6) is 0 Å². The fourth-order valence-corrected chi connectivity index (χ4v) is 3.22. The Morgan fingerprint density at radius 1 is 1.50 bits per heavy atom. The second-order valence-electron chi connectivity index (χ2n) is 2.91. The van der Waals surface area contributed by atoms with Gasteiger partial charge in [-0.15, -0.1) is 11.3 Å². The van der Waals surface area contributed by atoms with Gasteiger partial charge < -0.3 is 5.73 Å². The quantitative estimate of drug-likeness (QED) is 0.637. The molecule has 0 aliphatic heterocycles. The fraction of sp³-hybridized carbons (Fsp3) is 0.100. The molecule has 0 saturated carbocycles. The number of nitrogen functional groups attached to an aromatic ring is 1. The van der Waals surface area contributed by atoms with Crippen molar-refractivity contribution >= 4 is 43.0 Å². The molecule has 0 saturated heterocycles. The van der Waals surface area contributed by atoms with E-state index >= 15 is 0 Å². The monoisotopic (exact) mass is 266 g/mol. The van der Waals surface area contributed by atoms with Gasteiger partial charge in [0.05, 0.1) is 0 Å². The van der Waals surface area contributed by atoms with Crippen molar-refractivity contribution in [3.05, 3.63) is 28.6 Å². The summed E-state index contributed by atoms with van der Waals surface area (Å²) in [5, 5.41) is 10.8. The summed E-state index contributed by atoms with van der Waals surface area (Å²) in [5.41, 5.74) is 7.48. The molecule has 1 aromatic carbocycles. The fourth-order valence-electron chi connectivity index (χ4n) is 1.39. The zero-order chi connectivity index (χ0) is 10.1. The zero-order valence-corrected chi connectivity index (χ0v) is 9.65. The minimum Gasteiger partial charge on any atom is -0.399 e. The minimum atomic E-state index is 0.708. The van der Waals surface area contributed by atoms with Gasteiger partial charge in [0.15, 0.2) is 0 Å². The smallest absolute Gasteiger partial charge is 0.110 e. The number of halogens is 1. The summed E-state index contributed by atoms with van der Waals surface area (Å²) in [6.07, 6.45) is 0. The van der Waals surface area contributed by atoms with Crippen LogP contribution >= 0.6 is 27.3 Å². The molecular formula is C10H7BrN2S. The van der Waals surface area contributed by atoms with Crippen molar-refractivity contribution in [3.63, 3.8) is 0 Å². The maximum absolute atomic E-state index is 8.93. The normalized spacial score (nSPS) is 10.3. The number of hydrogen-bond acceptors (Lipinski definition) is 3. The number of alkyl halides is 1. The molecule has 70 valence electrons. The number of nitrogens with zero attached hydrogens (tertiary/aromatic N) is 1. The van der Waals surface area contributed by atoms with Gasteiger partial charge in [0.1, 0.15) is 10.9 Å². The average Bonchev–Trinajstić information content (AvgIpc) is 2.54. The molecule has 0 bridgehead atoms. The highest BCUT2D eigenvalue weighted by atomic mass is 79.9. The molecule has 14 heavy (non-hydrogen) atoms. The highest BCUT2D eigenvalue weighted by molar-refractivity contribution is 9.08. The van der Waals surface area contributed by atoms with E-state index in [-0.39, 0.29) is 0 Å². The van der Waals surface area contributed by atoms with Gasteiger partial charge in [-0.3, -0.25) is 0 Å². The van der Waals surface area contributed by atoms with E-state index in [1.807, 2.05) is 18.2 Å². The first-order valence-electron chi connectivity index (χ1n) is 4.03. The molecule has 2 nitrogen and oxygen atoms in total. The molecule has 0 aliphatic carbocycles. The SMILES string of the molecule is N#Cc1sc2cc(N)ccc2c1CBr. The molecule has 0 aliphatic rings. The molecule has 0 atom stereocenters. The number of nitriles is 1. The van der Waals surface area contributed by atoms with Crippen LogP contribution in [-0.4, -0.2) is 0 Å². The van der Waals surface area contributed by atoms with Crippen molar-refractivity contribution in [1.82, 2.24) is 0 Å². The highest BCUT2D eigenvalue weighted by Gasteiger charge is 2.10. The van der Waals surface area contributed by atoms with Gasteiger partial charge in [-0.2, -0.15) is 5.26 Å². The van der Waals surface area contributed by atoms with Gasteiger partial charge in [-0.1, -0.05) is 22.0 Å². The number of fused-ring (bicyclic) bond motifs is 1. The van der Waals surface area contributed by atoms with Crippen LogP contribution in [0.2, 0.25) is 0 Å². The summed E-state index contributed by atoms with van der Waals surface area (Å²) in [4.78, 5) is 0.766. The third-order valence-electron chi connectivity index (χ3n) is 2.05. The highest BCUT2D eigenvalue weighted by Crippen LogP contribution is 2.33. The number of benzene rings is 1. The average molecular weight is 267 g/mol. The molecule has 2 aromatic rings. The van der Waals surface area contributed by atoms with E-state index in [1.165, 1.54) is 11.3 Å². The number of hydrogen-bond donors (Lipinski definition) is 1. The molecular weight excluding hydrogens is 260 g/mol. The first kappa shape index (κ1) is 9.50. The van der Waals surface area contributed by atoms with Crippen molar-refractivity contribution in [3.8, 4) is 6.07 Å². The Morgan fingerprint density at radius 3 is 2.93 bits per heavy atom. The van der Waals surface area contributed by atoms with E-state index in [0.717, 1.165) is 26.2 Å². The predicted octanol–water partition coefficient (Wildman–Crippen LogP) is 3.25. The lowest BCUT2D eigenvalue weighted by atomic mass is 10.1. The van der Waals surface area contributed by atoms with Gasteiger partial charge >= 0.3 is 0 Å². The molecule has 0 spiro atoms. The standard InChI is InChI=1S/C10H7BrN2S/c11-4-8-7-2-1-6(13)3-9(7)14-10(8)5-12/h1-3H,4,13H2. The second kappa shape index (κ2) is 3.60. The molecule has 2 rings (SSSR count). The first-order chi connectivity index (χ1) is 6.76. The molecule has 4 heteroatoms. The lowest BCUT2D eigenvalue weighted by molar-refractivity contribution is 1.46. The van der Waals surface area contributed by atoms with Gasteiger partial charge in [0.25, 0.3) is 0 Å². The summed E-state index contributed by atoms with van der Waals surface area (Å²) < 4.78 is 1.08. The molecule has 0 amide bonds. The van der Waals surface area contributed by atoms with E-state index in [0.29, 0.717) is 5.33 Å². The van der Waals surface area contributed by atoms with Crippen LogP contribution < -0.4 is 5.73 Å². The molecule has 2 N–H and O–H groups in total. The molecule has 0 fully saturated rings. The lowest BCUT2D eigenvalue weighted by Gasteiger charge is -1.94. The van der Waals surface area contributed by atoms with Crippen molar-refractivity contribution in [2.24, 2.45) is 0 Å². The second-order valence-corrected chi connectivity index (χ2v) is 4.52. The topological polar surface area (TPSA) is 49.8 Å². The van der Waals surface area contributed by atoms with Crippen LogP contribution in [0.3, 0.4) is 0 Å². The third kappa shape index (κ3) is 1.39. The van der Waals surface area contributed by atoms with Gasteiger partial charge in [0.2, 0.25) is 0 Å². The van der Waals surface area contributed by atoms with Gasteiger partial charge in [-0.25, -0.2) is 0 Å².